The molecule has 3 aromatic carbocycles. The van der Waals surface area contributed by atoms with Crippen molar-refractivity contribution in [1.82, 2.24) is 5.43 Å². The van der Waals surface area contributed by atoms with Crippen molar-refractivity contribution in [3.05, 3.63) is 125 Å². The van der Waals surface area contributed by atoms with Gasteiger partial charge in [0.05, 0.1) is 17.7 Å². The van der Waals surface area contributed by atoms with Gasteiger partial charge in [0.15, 0.2) is 11.6 Å². The van der Waals surface area contributed by atoms with Crippen molar-refractivity contribution in [2.75, 3.05) is 5.01 Å². The minimum Gasteiger partial charge on any atom is -0.294 e. The van der Waals surface area contributed by atoms with Crippen LogP contribution >= 0.6 is 0 Å². The third-order valence-corrected chi connectivity index (χ3v) is 6.15. The van der Waals surface area contributed by atoms with Gasteiger partial charge < -0.3 is 0 Å². The fraction of sp³-hybridized carbons (Fsp3) is 0.0968. The lowest BCUT2D eigenvalue weighted by Crippen LogP contribution is -2.37. The summed E-state index contributed by atoms with van der Waals surface area (Å²) >= 11 is 0. The Morgan fingerprint density at radius 2 is 1.27 bits per heavy atom. The van der Waals surface area contributed by atoms with Crippen LogP contribution in [0, 0.1) is 0 Å². The first kappa shape index (κ1) is 24.0. The van der Waals surface area contributed by atoms with Crippen molar-refractivity contribution in [3.63, 3.8) is 0 Å². The molecule has 1 amide bonds. The van der Waals surface area contributed by atoms with Gasteiger partial charge in [0.1, 0.15) is 6.17 Å². The zero-order valence-corrected chi connectivity index (χ0v) is 20.1. The molecule has 0 aromatic heterocycles. The molecule has 6 nitrogen and oxygen atoms in total. The summed E-state index contributed by atoms with van der Waals surface area (Å²) in [6.45, 7) is 0. The van der Waals surface area contributed by atoms with Crippen molar-refractivity contribution in [2.24, 2.45) is 4.99 Å². The lowest BCUT2D eigenvalue weighted by molar-refractivity contribution is -0.115. The molecule has 1 N–H and O–H groups in total. The number of allylic oxidation sites excluding steroid dienone is 3. The van der Waals surface area contributed by atoms with Crippen LogP contribution in [0.1, 0.15) is 24.0 Å². The van der Waals surface area contributed by atoms with E-state index in [1.807, 2.05) is 91.0 Å². The van der Waals surface area contributed by atoms with Crippen molar-refractivity contribution in [1.29, 1.82) is 0 Å². The van der Waals surface area contributed by atoms with Gasteiger partial charge in [-0.1, -0.05) is 91.0 Å². The molecular formula is C31H25N3O3. The normalized spacial score (nSPS) is 17.1. The number of aliphatic imine (C=N–C) groups is 1. The quantitative estimate of drug-likeness (QED) is 0.433. The fourth-order valence-electron chi connectivity index (χ4n) is 4.34. The van der Waals surface area contributed by atoms with Gasteiger partial charge in [-0.25, -0.2) is 5.01 Å². The number of nitrogens with one attached hydrogen (secondary N) is 1. The van der Waals surface area contributed by atoms with Gasteiger partial charge in [0, 0.05) is 12.1 Å². The Morgan fingerprint density at radius 1 is 0.757 bits per heavy atom. The first-order valence-electron chi connectivity index (χ1n) is 12.1. The molecule has 0 bridgehead atoms. The third-order valence-electron chi connectivity index (χ3n) is 6.15. The number of ketones is 2. The summed E-state index contributed by atoms with van der Waals surface area (Å²) in [4.78, 5) is 43.8. The molecule has 2 aliphatic heterocycles. The summed E-state index contributed by atoms with van der Waals surface area (Å²) < 4.78 is 0. The number of hydrogen-bond donors (Lipinski definition) is 1. The van der Waals surface area contributed by atoms with Crippen LogP contribution in [0.4, 0.5) is 5.69 Å². The maximum Gasteiger partial charge on any atom is 0.272 e. The lowest BCUT2D eigenvalue weighted by Gasteiger charge is -2.17. The predicted octanol–water partition coefficient (Wildman–Crippen LogP) is 4.96. The van der Waals surface area contributed by atoms with E-state index in [0.717, 1.165) is 11.1 Å². The maximum absolute atomic E-state index is 13.4. The summed E-state index contributed by atoms with van der Waals surface area (Å²) in [5.74, 6) is -0.588. The molecule has 37 heavy (non-hydrogen) atoms. The van der Waals surface area contributed by atoms with Crippen LogP contribution in [0.3, 0.4) is 0 Å². The summed E-state index contributed by atoms with van der Waals surface area (Å²) in [5, 5.41) is 1.45. The van der Waals surface area contributed by atoms with Crippen LogP contribution < -0.4 is 10.4 Å². The number of hydrazine groups is 1. The summed E-state index contributed by atoms with van der Waals surface area (Å²) in [5.41, 5.74) is 7.03. The Bertz CT molecular complexity index is 1440. The number of hydrogen-bond acceptors (Lipinski definition) is 5. The number of benzene rings is 3. The molecule has 3 aromatic rings. The first-order valence-corrected chi connectivity index (χ1v) is 12.1. The molecule has 1 atom stereocenters. The number of para-hydroxylation sites is 1. The van der Waals surface area contributed by atoms with Crippen molar-refractivity contribution >= 4 is 41.0 Å². The summed E-state index contributed by atoms with van der Waals surface area (Å²) in [6.07, 6.45) is 5.88. The van der Waals surface area contributed by atoms with E-state index in [9.17, 15) is 14.4 Å². The molecule has 1 fully saturated rings. The van der Waals surface area contributed by atoms with Gasteiger partial charge in [0.2, 0.25) is 0 Å². The Hall–Kier alpha value is -4.68. The average Bonchev–Trinajstić information content (AvgIpc) is 3.43. The number of carbonyl (C=O) groups is 3. The van der Waals surface area contributed by atoms with Gasteiger partial charge >= 0.3 is 0 Å². The van der Waals surface area contributed by atoms with E-state index >= 15 is 0 Å². The first-order chi connectivity index (χ1) is 18.1. The Balaban J connectivity index is 1.39. The highest BCUT2D eigenvalue weighted by atomic mass is 16.2. The molecule has 0 radical (unpaired) electrons. The number of rotatable bonds is 9. The topological polar surface area (TPSA) is 78.8 Å². The fourth-order valence-corrected chi connectivity index (χ4v) is 4.34. The predicted molar refractivity (Wildman–Crippen MR) is 146 cm³/mol. The van der Waals surface area contributed by atoms with Gasteiger partial charge in [0.25, 0.3) is 5.91 Å². The SMILES string of the molecule is O=C(/C=C\c1ccccc1)CC1=C2C(=O)N(c3ccccc3)N[C@H]2N=C1CC(=O)/C=C/c1ccccc1. The molecule has 0 unspecified atom stereocenters. The highest BCUT2D eigenvalue weighted by Crippen LogP contribution is 2.33. The van der Waals surface area contributed by atoms with Gasteiger partial charge in [-0.2, -0.15) is 5.43 Å². The smallest absolute Gasteiger partial charge is 0.272 e. The molecule has 0 aliphatic carbocycles. The van der Waals surface area contributed by atoms with Gasteiger partial charge in [-0.15, -0.1) is 0 Å². The summed E-state index contributed by atoms with van der Waals surface area (Å²) in [7, 11) is 0. The number of amides is 1. The monoisotopic (exact) mass is 487 g/mol. The number of nitrogens with zero attached hydrogens (tertiary/aromatic N) is 2. The van der Waals surface area contributed by atoms with Crippen molar-refractivity contribution < 1.29 is 14.4 Å². The van der Waals surface area contributed by atoms with E-state index in [4.69, 9.17) is 0 Å². The van der Waals surface area contributed by atoms with Crippen molar-refractivity contribution in [3.8, 4) is 0 Å². The zero-order chi connectivity index (χ0) is 25.6. The Labute approximate surface area is 215 Å². The van der Waals surface area contributed by atoms with Crippen LogP contribution in [-0.4, -0.2) is 29.4 Å². The van der Waals surface area contributed by atoms with Crippen LogP contribution in [0.25, 0.3) is 12.2 Å². The summed E-state index contributed by atoms with van der Waals surface area (Å²) in [6, 6.07) is 28.3. The van der Waals surface area contributed by atoms with Crippen LogP contribution in [0.2, 0.25) is 0 Å². The molecule has 0 spiro atoms. The standard InChI is InChI=1S/C31H25N3O3/c35-25(18-16-22-10-4-1-5-11-22)20-27-28(21-26(36)19-17-23-12-6-2-7-13-23)32-30-29(27)31(37)34(33-30)24-14-8-3-9-15-24/h1-19,30,33H,20-21H2/b18-16-,19-17+/t30-/m1/s1. The van der Waals surface area contributed by atoms with E-state index < -0.39 is 6.17 Å². The second-order valence-electron chi connectivity index (χ2n) is 8.75. The van der Waals surface area contributed by atoms with E-state index in [1.165, 1.54) is 17.2 Å². The molecule has 0 saturated carbocycles. The molecule has 2 aliphatic rings. The molecule has 2 heterocycles. The third kappa shape index (κ3) is 5.60. The molecular weight excluding hydrogens is 462 g/mol. The number of carbonyl (C=O) groups excluding carboxylic acids is 3. The average molecular weight is 488 g/mol. The van der Waals surface area contributed by atoms with Crippen LogP contribution in [0.5, 0.6) is 0 Å². The number of fused-ring (bicyclic) bond motifs is 1. The van der Waals surface area contributed by atoms with Crippen molar-refractivity contribution in [2.45, 2.75) is 19.0 Å². The van der Waals surface area contributed by atoms with E-state index in [-0.39, 0.29) is 30.3 Å². The molecule has 6 heteroatoms. The van der Waals surface area contributed by atoms with E-state index in [0.29, 0.717) is 22.5 Å². The second kappa shape index (κ2) is 10.9. The Kier molecular flexibility index (Phi) is 7.10. The largest absolute Gasteiger partial charge is 0.294 e. The minimum atomic E-state index is -0.630. The van der Waals surface area contributed by atoms with Crippen LogP contribution in [0.15, 0.2) is 119 Å². The Morgan fingerprint density at radius 3 is 1.84 bits per heavy atom. The van der Waals surface area contributed by atoms with Crippen LogP contribution in [-0.2, 0) is 14.4 Å². The maximum atomic E-state index is 13.4. The lowest BCUT2D eigenvalue weighted by atomic mass is 9.95. The molecule has 1 saturated heterocycles. The van der Waals surface area contributed by atoms with Gasteiger partial charge in [-0.05, 0) is 41.0 Å². The zero-order valence-electron chi connectivity index (χ0n) is 20.1. The van der Waals surface area contributed by atoms with Gasteiger partial charge in [-0.3, -0.25) is 19.4 Å². The molecule has 5 rings (SSSR count). The second-order valence-corrected chi connectivity index (χ2v) is 8.75. The minimum absolute atomic E-state index is 0.00857. The highest BCUT2D eigenvalue weighted by Gasteiger charge is 2.43. The number of anilines is 1. The van der Waals surface area contributed by atoms with E-state index in [2.05, 4.69) is 10.4 Å². The molecule has 182 valence electrons. The van der Waals surface area contributed by atoms with E-state index in [1.54, 1.807) is 12.2 Å². The highest BCUT2D eigenvalue weighted by molar-refractivity contribution is 6.23.